The van der Waals surface area contributed by atoms with E-state index in [0.29, 0.717) is 22.2 Å². The van der Waals surface area contributed by atoms with E-state index in [1.165, 1.54) is 11.8 Å². The number of carbonyl (C=O) groups is 1. The van der Waals surface area contributed by atoms with Crippen LogP contribution in [0.25, 0.3) is 17.3 Å². The Morgan fingerprint density at radius 3 is 2.29 bits per heavy atom. The third kappa shape index (κ3) is 3.16. The highest BCUT2D eigenvalue weighted by Crippen LogP contribution is 2.42. The predicted octanol–water partition coefficient (Wildman–Crippen LogP) is 5.04. The molecular weight excluding hydrogens is 374 g/mol. The van der Waals surface area contributed by atoms with Gasteiger partial charge in [-0.2, -0.15) is 0 Å². The molecule has 0 fully saturated rings. The molecule has 0 amide bonds. The van der Waals surface area contributed by atoms with Crippen LogP contribution in [0.3, 0.4) is 0 Å². The van der Waals surface area contributed by atoms with E-state index >= 15 is 0 Å². The highest BCUT2D eigenvalue weighted by Gasteiger charge is 2.25. The van der Waals surface area contributed by atoms with Crippen LogP contribution in [0.15, 0.2) is 58.3 Å². The van der Waals surface area contributed by atoms with Crippen LogP contribution in [-0.2, 0) is 0 Å². The fraction of sp³-hybridized carbons (Fsp3) is 0.136. The van der Waals surface area contributed by atoms with Gasteiger partial charge in [0.15, 0.2) is 11.5 Å². The average molecular weight is 393 g/mol. The molecule has 0 spiro atoms. The molecular formula is C22H19NO4S. The monoisotopic (exact) mass is 393 g/mol. The summed E-state index contributed by atoms with van der Waals surface area (Å²) in [7, 11) is 4.76. The number of hydrogen-bond donors (Lipinski definition) is 1. The number of ketones is 1. The van der Waals surface area contributed by atoms with Gasteiger partial charge in [-0.15, -0.1) is 0 Å². The van der Waals surface area contributed by atoms with Crippen molar-refractivity contribution in [3.8, 4) is 28.5 Å². The van der Waals surface area contributed by atoms with Gasteiger partial charge >= 0.3 is 0 Å². The van der Waals surface area contributed by atoms with E-state index in [4.69, 9.17) is 14.2 Å². The maximum Gasteiger partial charge on any atom is 0.203 e. The smallest absolute Gasteiger partial charge is 0.203 e. The van der Waals surface area contributed by atoms with Gasteiger partial charge in [0.25, 0.3) is 0 Å². The minimum absolute atomic E-state index is 0.0598. The van der Waals surface area contributed by atoms with E-state index in [1.807, 2.05) is 54.6 Å². The van der Waals surface area contributed by atoms with Crippen LogP contribution < -0.4 is 14.2 Å². The van der Waals surface area contributed by atoms with E-state index in [1.54, 1.807) is 21.3 Å². The number of rotatable bonds is 5. The Bertz CT molecular complexity index is 1060. The predicted molar refractivity (Wildman–Crippen MR) is 110 cm³/mol. The lowest BCUT2D eigenvalue weighted by atomic mass is 10.1. The largest absolute Gasteiger partial charge is 0.493 e. The Labute approximate surface area is 167 Å². The summed E-state index contributed by atoms with van der Waals surface area (Å²) in [6.45, 7) is 0. The lowest BCUT2D eigenvalue weighted by Crippen LogP contribution is -1.96. The standard InChI is InChI=1S/C22H19NO4S/c1-25-17-10-13(11-18(26-2)22(17)27-3)16-9-8-14(23-16)12-20-21(24)15-6-4-5-7-19(15)28-20/h4-12,23H,1-3H3/b20-12-. The Balaban J connectivity index is 1.67. The first-order valence-corrected chi connectivity index (χ1v) is 9.49. The maximum absolute atomic E-state index is 12.6. The Hall–Kier alpha value is -3.12. The van der Waals surface area contributed by atoms with Crippen LogP contribution in [0.4, 0.5) is 0 Å². The number of ether oxygens (including phenoxy) is 3. The van der Waals surface area contributed by atoms with Crippen LogP contribution >= 0.6 is 11.8 Å². The molecule has 6 heteroatoms. The van der Waals surface area contributed by atoms with Gasteiger partial charge in [0, 0.05) is 27.4 Å². The first kappa shape index (κ1) is 18.3. The number of aromatic amines is 1. The molecule has 0 aliphatic carbocycles. The minimum atomic E-state index is 0.0598. The number of carbonyl (C=O) groups excluding carboxylic acids is 1. The Morgan fingerprint density at radius 1 is 0.929 bits per heavy atom. The zero-order valence-electron chi connectivity index (χ0n) is 15.7. The topological polar surface area (TPSA) is 60.6 Å². The molecule has 0 saturated heterocycles. The van der Waals surface area contributed by atoms with Crippen molar-refractivity contribution in [3.63, 3.8) is 0 Å². The van der Waals surface area contributed by atoms with Crippen molar-refractivity contribution in [2.45, 2.75) is 4.90 Å². The molecule has 0 bridgehead atoms. The minimum Gasteiger partial charge on any atom is -0.493 e. The van der Waals surface area contributed by atoms with Gasteiger partial charge in [-0.3, -0.25) is 4.79 Å². The molecule has 1 aliphatic rings. The van der Waals surface area contributed by atoms with Crippen molar-refractivity contribution < 1.29 is 19.0 Å². The van der Waals surface area contributed by atoms with Gasteiger partial charge in [0.2, 0.25) is 11.5 Å². The van der Waals surface area contributed by atoms with Gasteiger partial charge in [-0.05, 0) is 42.5 Å². The molecule has 0 unspecified atom stereocenters. The summed E-state index contributed by atoms with van der Waals surface area (Å²) < 4.78 is 16.2. The quantitative estimate of drug-likeness (QED) is 0.616. The molecule has 3 aromatic rings. The Kier molecular flexibility index (Phi) is 4.88. The van der Waals surface area contributed by atoms with Crippen molar-refractivity contribution in [2.24, 2.45) is 0 Å². The third-order valence-electron chi connectivity index (χ3n) is 4.55. The highest BCUT2D eigenvalue weighted by atomic mass is 32.2. The first-order valence-electron chi connectivity index (χ1n) is 8.67. The molecule has 4 rings (SSSR count). The summed E-state index contributed by atoms with van der Waals surface area (Å²) in [6, 6.07) is 15.3. The molecule has 1 aliphatic heterocycles. The van der Waals surface area contributed by atoms with E-state index in [-0.39, 0.29) is 5.78 Å². The molecule has 0 saturated carbocycles. The summed E-state index contributed by atoms with van der Waals surface area (Å²) in [6.07, 6.45) is 1.88. The van der Waals surface area contributed by atoms with E-state index < -0.39 is 0 Å². The Morgan fingerprint density at radius 2 is 1.64 bits per heavy atom. The van der Waals surface area contributed by atoms with E-state index in [9.17, 15) is 4.79 Å². The number of aromatic nitrogens is 1. The fourth-order valence-corrected chi connectivity index (χ4v) is 4.22. The van der Waals surface area contributed by atoms with E-state index in [0.717, 1.165) is 27.4 Å². The molecule has 0 atom stereocenters. The number of methoxy groups -OCH3 is 3. The van der Waals surface area contributed by atoms with Crippen molar-refractivity contribution in [1.82, 2.24) is 4.98 Å². The van der Waals surface area contributed by atoms with E-state index in [2.05, 4.69) is 4.98 Å². The average Bonchev–Trinajstić information content (AvgIpc) is 3.32. The summed E-state index contributed by atoms with van der Waals surface area (Å²) in [5.74, 6) is 1.78. The number of nitrogens with one attached hydrogen (secondary N) is 1. The van der Waals surface area contributed by atoms with Gasteiger partial charge in [0.05, 0.1) is 26.2 Å². The number of Topliss-reactive ketones (excluding diaryl/α,β-unsaturated/α-hetero) is 1. The molecule has 28 heavy (non-hydrogen) atoms. The molecule has 142 valence electrons. The highest BCUT2D eigenvalue weighted by molar-refractivity contribution is 8.04. The van der Waals surface area contributed by atoms with Crippen LogP contribution in [0, 0.1) is 0 Å². The summed E-state index contributed by atoms with van der Waals surface area (Å²) in [5, 5.41) is 0. The number of fused-ring (bicyclic) bond motifs is 1. The van der Waals surface area contributed by atoms with Crippen LogP contribution in [0.5, 0.6) is 17.2 Å². The maximum atomic E-state index is 12.6. The molecule has 5 nitrogen and oxygen atoms in total. The second-order valence-electron chi connectivity index (χ2n) is 6.18. The SMILES string of the molecule is COc1cc(-c2ccc(/C=C3\Sc4ccccc4C3=O)[nH]2)cc(OC)c1OC. The summed E-state index contributed by atoms with van der Waals surface area (Å²) >= 11 is 1.50. The van der Waals surface area contributed by atoms with Crippen molar-refractivity contribution in [2.75, 3.05) is 21.3 Å². The first-order chi connectivity index (χ1) is 13.6. The number of thioether (sulfide) groups is 1. The lowest BCUT2D eigenvalue weighted by Gasteiger charge is -2.13. The van der Waals surface area contributed by atoms with Gasteiger partial charge in [0.1, 0.15) is 0 Å². The summed E-state index contributed by atoms with van der Waals surface area (Å²) in [4.78, 5) is 17.6. The van der Waals surface area contributed by atoms with Gasteiger partial charge in [-0.1, -0.05) is 23.9 Å². The van der Waals surface area contributed by atoms with Crippen LogP contribution in [0.2, 0.25) is 0 Å². The fourth-order valence-electron chi connectivity index (χ4n) is 3.18. The molecule has 2 heterocycles. The zero-order valence-corrected chi connectivity index (χ0v) is 16.6. The molecule has 1 aromatic heterocycles. The number of benzene rings is 2. The van der Waals surface area contributed by atoms with Gasteiger partial charge in [-0.25, -0.2) is 0 Å². The molecule has 2 aromatic carbocycles. The zero-order chi connectivity index (χ0) is 19.7. The van der Waals surface area contributed by atoms with Crippen LogP contribution in [0.1, 0.15) is 16.1 Å². The third-order valence-corrected chi connectivity index (χ3v) is 5.65. The van der Waals surface area contributed by atoms with Crippen LogP contribution in [-0.4, -0.2) is 32.1 Å². The van der Waals surface area contributed by atoms with Crippen molar-refractivity contribution >= 4 is 23.6 Å². The van der Waals surface area contributed by atoms with Crippen molar-refractivity contribution in [1.29, 1.82) is 0 Å². The summed E-state index contributed by atoms with van der Waals surface area (Å²) in [5.41, 5.74) is 3.40. The van der Waals surface area contributed by atoms with Crippen molar-refractivity contribution in [3.05, 3.63) is 64.7 Å². The number of allylic oxidation sites excluding steroid dienone is 1. The number of hydrogen-bond acceptors (Lipinski definition) is 5. The molecule has 0 radical (unpaired) electrons. The molecule has 1 N–H and O–H groups in total. The lowest BCUT2D eigenvalue weighted by molar-refractivity contribution is 0.104. The number of H-pyrrole nitrogens is 1. The second-order valence-corrected chi connectivity index (χ2v) is 7.26. The normalized spacial score (nSPS) is 14.2. The second kappa shape index (κ2) is 7.48. The van der Waals surface area contributed by atoms with Gasteiger partial charge < -0.3 is 19.2 Å².